The van der Waals surface area contributed by atoms with Crippen molar-refractivity contribution in [1.82, 2.24) is 0 Å². The number of hydrogen-bond donors (Lipinski definition) is 2. The van der Waals surface area contributed by atoms with Crippen LogP contribution in [0.3, 0.4) is 0 Å². The van der Waals surface area contributed by atoms with Gasteiger partial charge in [-0.15, -0.1) is 0 Å². The first-order chi connectivity index (χ1) is 10.0. The van der Waals surface area contributed by atoms with Crippen LogP contribution in [0.2, 0.25) is 5.02 Å². The molecular formula is C16H22ClNO3. The fraction of sp³-hybridized carbons (Fsp3) is 0.562. The summed E-state index contributed by atoms with van der Waals surface area (Å²) in [6, 6.07) is 6.46. The minimum absolute atomic E-state index is 0.183. The van der Waals surface area contributed by atoms with Gasteiger partial charge in [0.1, 0.15) is 6.04 Å². The van der Waals surface area contributed by atoms with E-state index in [2.05, 4.69) is 0 Å². The maximum Gasteiger partial charge on any atom is 0.321 e. The summed E-state index contributed by atoms with van der Waals surface area (Å²) in [5, 5.41) is 9.96. The topological polar surface area (TPSA) is 72.5 Å². The van der Waals surface area contributed by atoms with Crippen molar-refractivity contribution in [2.75, 3.05) is 7.11 Å². The molecule has 1 aromatic rings. The van der Waals surface area contributed by atoms with Crippen molar-refractivity contribution in [2.45, 2.75) is 43.7 Å². The Kier molecular flexibility index (Phi) is 5.62. The Labute approximate surface area is 130 Å². The molecule has 0 spiro atoms. The fourth-order valence-corrected chi connectivity index (χ4v) is 3.42. The van der Waals surface area contributed by atoms with Crippen LogP contribution in [-0.2, 0) is 9.53 Å². The third-order valence-electron chi connectivity index (χ3n) is 4.49. The highest BCUT2D eigenvalue weighted by Crippen LogP contribution is 2.38. The van der Waals surface area contributed by atoms with Crippen LogP contribution < -0.4 is 5.73 Å². The summed E-state index contributed by atoms with van der Waals surface area (Å²) >= 11 is 5.92. The molecule has 5 heteroatoms. The first-order valence-corrected chi connectivity index (χ1v) is 7.67. The van der Waals surface area contributed by atoms with E-state index < -0.39 is 12.0 Å². The fourth-order valence-electron chi connectivity index (χ4n) is 3.29. The van der Waals surface area contributed by atoms with Gasteiger partial charge in [0.05, 0.1) is 6.10 Å². The summed E-state index contributed by atoms with van der Waals surface area (Å²) in [7, 11) is 1.73. The predicted molar refractivity (Wildman–Crippen MR) is 82.6 cm³/mol. The number of carbonyl (C=O) groups is 1. The van der Waals surface area contributed by atoms with Crippen LogP contribution in [-0.4, -0.2) is 30.3 Å². The molecule has 0 aliphatic heterocycles. The second kappa shape index (κ2) is 7.25. The highest BCUT2D eigenvalue weighted by atomic mass is 35.5. The lowest BCUT2D eigenvalue weighted by molar-refractivity contribution is -0.139. The van der Waals surface area contributed by atoms with Crippen LogP contribution in [0.1, 0.15) is 37.2 Å². The molecule has 3 N–H and O–H groups in total. The van der Waals surface area contributed by atoms with Crippen molar-refractivity contribution in [1.29, 1.82) is 0 Å². The zero-order chi connectivity index (χ0) is 15.4. The largest absolute Gasteiger partial charge is 0.480 e. The van der Waals surface area contributed by atoms with E-state index >= 15 is 0 Å². The van der Waals surface area contributed by atoms with Crippen LogP contribution >= 0.6 is 11.6 Å². The lowest BCUT2D eigenvalue weighted by atomic mass is 9.73. The summed E-state index contributed by atoms with van der Waals surface area (Å²) in [5.41, 5.74) is 6.92. The van der Waals surface area contributed by atoms with Crippen LogP contribution in [0.25, 0.3) is 0 Å². The van der Waals surface area contributed by atoms with Crippen molar-refractivity contribution >= 4 is 17.6 Å². The van der Waals surface area contributed by atoms with Gasteiger partial charge in [0.15, 0.2) is 0 Å². The maximum absolute atomic E-state index is 11.4. The molecule has 0 saturated heterocycles. The van der Waals surface area contributed by atoms with E-state index in [1.807, 2.05) is 12.1 Å². The van der Waals surface area contributed by atoms with Gasteiger partial charge < -0.3 is 15.6 Å². The Bertz CT molecular complexity index is 469. The number of halogens is 1. The Morgan fingerprint density at radius 1 is 1.29 bits per heavy atom. The second-order valence-electron chi connectivity index (χ2n) is 5.71. The summed E-state index contributed by atoms with van der Waals surface area (Å²) in [6.45, 7) is 0. The van der Waals surface area contributed by atoms with Gasteiger partial charge in [-0.1, -0.05) is 23.7 Å². The Morgan fingerprint density at radius 3 is 2.33 bits per heavy atom. The van der Waals surface area contributed by atoms with E-state index in [0.29, 0.717) is 5.02 Å². The van der Waals surface area contributed by atoms with Gasteiger partial charge in [-0.05, 0) is 49.3 Å². The van der Waals surface area contributed by atoms with Crippen molar-refractivity contribution in [3.63, 3.8) is 0 Å². The van der Waals surface area contributed by atoms with Gasteiger partial charge >= 0.3 is 5.97 Å². The molecule has 4 nitrogen and oxygen atoms in total. The lowest BCUT2D eigenvalue weighted by Crippen LogP contribution is -2.41. The monoisotopic (exact) mass is 311 g/mol. The molecule has 1 fully saturated rings. The molecular weight excluding hydrogens is 290 g/mol. The number of carboxylic acids is 1. The van der Waals surface area contributed by atoms with Crippen molar-refractivity contribution in [2.24, 2.45) is 11.7 Å². The predicted octanol–water partition coefficient (Wildman–Crippen LogP) is 3.04. The van der Waals surface area contributed by atoms with Gasteiger partial charge in [0, 0.05) is 18.1 Å². The number of hydrogen-bond acceptors (Lipinski definition) is 3. The molecule has 1 aliphatic carbocycles. The van der Waals surface area contributed by atoms with Gasteiger partial charge in [-0.3, -0.25) is 4.79 Å². The highest BCUT2D eigenvalue weighted by molar-refractivity contribution is 6.30. The quantitative estimate of drug-likeness (QED) is 0.876. The Hall–Kier alpha value is -1.10. The standard InChI is InChI=1S/C16H22ClNO3/c1-21-13-8-4-11(5-9-13)14(15(18)16(19)20)10-2-6-12(17)7-3-10/h2-3,6-7,11,13-15H,4-5,8-9,18H2,1H3,(H,19,20)/t11?,13?,14-,15-/m0/s1. The molecule has 0 bridgehead atoms. The first-order valence-electron chi connectivity index (χ1n) is 7.29. The number of benzene rings is 1. The summed E-state index contributed by atoms with van der Waals surface area (Å²) < 4.78 is 5.38. The molecule has 0 aromatic heterocycles. The molecule has 21 heavy (non-hydrogen) atoms. The molecule has 1 aromatic carbocycles. The van der Waals surface area contributed by atoms with Gasteiger partial charge in [0.25, 0.3) is 0 Å². The molecule has 0 unspecified atom stereocenters. The maximum atomic E-state index is 11.4. The number of carboxylic acid groups (broad SMARTS) is 1. The normalized spacial score (nSPS) is 25.3. The molecule has 116 valence electrons. The highest BCUT2D eigenvalue weighted by Gasteiger charge is 2.35. The van der Waals surface area contributed by atoms with Crippen LogP contribution in [0, 0.1) is 5.92 Å². The van der Waals surface area contributed by atoms with E-state index in [0.717, 1.165) is 31.2 Å². The number of nitrogens with two attached hydrogens (primary N) is 1. The van der Waals surface area contributed by atoms with E-state index in [4.69, 9.17) is 22.1 Å². The zero-order valence-electron chi connectivity index (χ0n) is 12.2. The summed E-state index contributed by atoms with van der Waals surface area (Å²) in [6.07, 6.45) is 4.07. The zero-order valence-corrected chi connectivity index (χ0v) is 12.9. The smallest absolute Gasteiger partial charge is 0.321 e. The number of aliphatic carboxylic acids is 1. The number of ether oxygens (including phenoxy) is 1. The van der Waals surface area contributed by atoms with E-state index in [1.165, 1.54) is 0 Å². The van der Waals surface area contributed by atoms with Crippen molar-refractivity contribution < 1.29 is 14.6 Å². The summed E-state index contributed by atoms with van der Waals surface area (Å²) in [4.78, 5) is 11.4. The molecule has 0 heterocycles. The molecule has 0 amide bonds. The summed E-state index contributed by atoms with van der Waals surface area (Å²) in [5.74, 6) is -0.870. The van der Waals surface area contributed by atoms with Gasteiger partial charge in [0.2, 0.25) is 0 Å². The van der Waals surface area contributed by atoms with E-state index in [9.17, 15) is 9.90 Å². The number of methoxy groups -OCH3 is 1. The van der Waals surface area contributed by atoms with Crippen LogP contribution in [0.4, 0.5) is 0 Å². The van der Waals surface area contributed by atoms with E-state index in [-0.39, 0.29) is 17.9 Å². The average molecular weight is 312 g/mol. The Morgan fingerprint density at radius 2 is 1.86 bits per heavy atom. The average Bonchev–Trinajstić information content (AvgIpc) is 2.50. The van der Waals surface area contributed by atoms with Crippen molar-refractivity contribution in [3.8, 4) is 0 Å². The molecule has 1 saturated carbocycles. The van der Waals surface area contributed by atoms with Crippen LogP contribution in [0.15, 0.2) is 24.3 Å². The van der Waals surface area contributed by atoms with E-state index in [1.54, 1.807) is 19.2 Å². The third kappa shape index (κ3) is 3.96. The first kappa shape index (κ1) is 16.3. The molecule has 2 atom stereocenters. The second-order valence-corrected chi connectivity index (χ2v) is 6.15. The number of rotatable bonds is 5. The minimum Gasteiger partial charge on any atom is -0.480 e. The molecule has 1 aliphatic rings. The third-order valence-corrected chi connectivity index (χ3v) is 4.74. The van der Waals surface area contributed by atoms with Gasteiger partial charge in [-0.25, -0.2) is 0 Å². The van der Waals surface area contributed by atoms with Crippen LogP contribution in [0.5, 0.6) is 0 Å². The SMILES string of the molecule is COC1CCC([C@H](c2ccc(Cl)cc2)[C@H](N)C(=O)O)CC1. The minimum atomic E-state index is -0.955. The van der Waals surface area contributed by atoms with Crippen molar-refractivity contribution in [3.05, 3.63) is 34.9 Å². The Balaban J connectivity index is 2.20. The van der Waals surface area contributed by atoms with Gasteiger partial charge in [-0.2, -0.15) is 0 Å². The lowest BCUT2D eigenvalue weighted by Gasteiger charge is -2.35. The molecule has 0 radical (unpaired) electrons. The molecule has 2 rings (SSSR count).